The summed E-state index contributed by atoms with van der Waals surface area (Å²) < 4.78 is 15.1. The smallest absolute Gasteiger partial charge is 0.339 e. The molecule has 0 aliphatic heterocycles. The van der Waals surface area contributed by atoms with E-state index in [0.717, 1.165) is 0 Å². The van der Waals surface area contributed by atoms with E-state index in [1.165, 1.54) is 18.9 Å². The molecule has 88 valence electrons. The molecule has 0 amide bonds. The van der Waals surface area contributed by atoms with Crippen molar-refractivity contribution < 1.29 is 19.0 Å². The van der Waals surface area contributed by atoms with E-state index in [9.17, 15) is 4.79 Å². The van der Waals surface area contributed by atoms with Crippen LogP contribution in [-0.4, -0.2) is 32.4 Å². The van der Waals surface area contributed by atoms with Crippen LogP contribution in [0.25, 0.3) is 0 Å². The van der Waals surface area contributed by atoms with Crippen molar-refractivity contribution in [3.63, 3.8) is 0 Å². The van der Waals surface area contributed by atoms with Crippen LogP contribution >= 0.6 is 11.8 Å². The summed E-state index contributed by atoms with van der Waals surface area (Å²) in [7, 11) is 3.07. The standard InChI is InChI=1S/C11H14O4S/c1-13-9-5-4-8(6-10(9)14-2)11(12)15-7-16-3/h4-6H,7H2,1-3H3. The first-order chi connectivity index (χ1) is 7.72. The van der Waals surface area contributed by atoms with Crippen molar-refractivity contribution in [2.45, 2.75) is 0 Å². The van der Waals surface area contributed by atoms with Gasteiger partial charge in [-0.25, -0.2) is 4.79 Å². The van der Waals surface area contributed by atoms with Crippen molar-refractivity contribution in [1.82, 2.24) is 0 Å². The van der Waals surface area contributed by atoms with Gasteiger partial charge in [-0.05, 0) is 24.5 Å². The van der Waals surface area contributed by atoms with Gasteiger partial charge in [0.1, 0.15) is 5.94 Å². The Morgan fingerprint density at radius 1 is 1.25 bits per heavy atom. The lowest BCUT2D eigenvalue weighted by atomic mass is 10.2. The number of benzene rings is 1. The summed E-state index contributed by atoms with van der Waals surface area (Å²) in [5, 5.41) is 0. The van der Waals surface area contributed by atoms with Crippen LogP contribution in [0.2, 0.25) is 0 Å². The zero-order chi connectivity index (χ0) is 12.0. The van der Waals surface area contributed by atoms with Gasteiger partial charge in [-0.15, -0.1) is 11.8 Å². The molecule has 0 spiro atoms. The van der Waals surface area contributed by atoms with E-state index in [0.29, 0.717) is 23.0 Å². The monoisotopic (exact) mass is 242 g/mol. The molecule has 1 aromatic carbocycles. The third-order valence-corrected chi connectivity index (χ3v) is 2.28. The highest BCUT2D eigenvalue weighted by Gasteiger charge is 2.11. The van der Waals surface area contributed by atoms with Crippen LogP contribution in [0, 0.1) is 0 Å². The Morgan fingerprint density at radius 2 is 1.94 bits per heavy atom. The molecule has 1 aromatic rings. The topological polar surface area (TPSA) is 44.8 Å². The minimum absolute atomic E-state index is 0.340. The van der Waals surface area contributed by atoms with Crippen molar-refractivity contribution in [3.8, 4) is 11.5 Å². The Balaban J connectivity index is 2.85. The lowest BCUT2D eigenvalue weighted by molar-refractivity contribution is 0.0579. The first-order valence-electron chi connectivity index (χ1n) is 4.61. The van der Waals surface area contributed by atoms with Crippen LogP contribution in [0.5, 0.6) is 11.5 Å². The van der Waals surface area contributed by atoms with E-state index in [1.54, 1.807) is 25.3 Å². The first kappa shape index (κ1) is 12.7. The predicted molar refractivity (Wildman–Crippen MR) is 63.3 cm³/mol. The van der Waals surface area contributed by atoms with E-state index >= 15 is 0 Å². The summed E-state index contributed by atoms with van der Waals surface area (Å²) in [5.41, 5.74) is 0.451. The molecule has 16 heavy (non-hydrogen) atoms. The molecule has 0 aromatic heterocycles. The van der Waals surface area contributed by atoms with Crippen LogP contribution in [0.15, 0.2) is 18.2 Å². The largest absolute Gasteiger partial charge is 0.493 e. The van der Waals surface area contributed by atoms with Gasteiger partial charge in [-0.1, -0.05) is 0 Å². The summed E-state index contributed by atoms with van der Waals surface area (Å²) in [5.74, 6) is 1.08. The number of thioether (sulfide) groups is 1. The van der Waals surface area contributed by atoms with Gasteiger partial charge in [0.05, 0.1) is 19.8 Å². The average Bonchev–Trinajstić information content (AvgIpc) is 2.34. The van der Waals surface area contributed by atoms with Crippen molar-refractivity contribution >= 4 is 17.7 Å². The number of ether oxygens (including phenoxy) is 3. The van der Waals surface area contributed by atoms with Crippen molar-refractivity contribution in [3.05, 3.63) is 23.8 Å². The van der Waals surface area contributed by atoms with E-state index < -0.39 is 0 Å². The number of esters is 1. The van der Waals surface area contributed by atoms with E-state index in [2.05, 4.69) is 0 Å². The van der Waals surface area contributed by atoms with Crippen LogP contribution < -0.4 is 9.47 Å². The predicted octanol–water partition coefficient (Wildman–Crippen LogP) is 2.18. The van der Waals surface area contributed by atoms with Crippen molar-refractivity contribution in [2.75, 3.05) is 26.4 Å². The fourth-order valence-corrected chi connectivity index (χ4v) is 1.38. The molecule has 0 aliphatic carbocycles. The number of hydrogen-bond donors (Lipinski definition) is 0. The Labute approximate surface area is 98.9 Å². The van der Waals surface area contributed by atoms with Gasteiger partial charge >= 0.3 is 5.97 Å². The number of carbonyl (C=O) groups is 1. The Morgan fingerprint density at radius 3 is 2.50 bits per heavy atom. The van der Waals surface area contributed by atoms with E-state index in [-0.39, 0.29) is 5.97 Å². The molecular weight excluding hydrogens is 228 g/mol. The number of carbonyl (C=O) groups excluding carboxylic acids is 1. The van der Waals surface area contributed by atoms with Gasteiger partial charge < -0.3 is 14.2 Å². The minimum Gasteiger partial charge on any atom is -0.493 e. The molecule has 0 saturated carbocycles. The van der Waals surface area contributed by atoms with E-state index in [1.807, 2.05) is 6.26 Å². The maximum Gasteiger partial charge on any atom is 0.339 e. The molecule has 0 bridgehead atoms. The molecule has 0 fully saturated rings. The molecule has 0 aliphatic rings. The van der Waals surface area contributed by atoms with Gasteiger partial charge in [0.2, 0.25) is 0 Å². The summed E-state index contributed by atoms with van der Waals surface area (Å²) in [6, 6.07) is 4.92. The molecule has 0 radical (unpaired) electrons. The number of hydrogen-bond acceptors (Lipinski definition) is 5. The van der Waals surface area contributed by atoms with Gasteiger partial charge in [0.25, 0.3) is 0 Å². The minimum atomic E-state index is -0.365. The maximum absolute atomic E-state index is 11.5. The second kappa shape index (κ2) is 6.27. The highest BCUT2D eigenvalue weighted by molar-refractivity contribution is 7.98. The van der Waals surface area contributed by atoms with Crippen molar-refractivity contribution in [2.24, 2.45) is 0 Å². The average molecular weight is 242 g/mol. The first-order valence-corrected chi connectivity index (χ1v) is 6.00. The zero-order valence-electron chi connectivity index (χ0n) is 9.48. The van der Waals surface area contributed by atoms with Crippen LogP contribution in [-0.2, 0) is 4.74 Å². The Kier molecular flexibility index (Phi) is 4.98. The van der Waals surface area contributed by atoms with Crippen LogP contribution in [0.4, 0.5) is 0 Å². The number of rotatable bonds is 5. The van der Waals surface area contributed by atoms with Crippen molar-refractivity contribution in [1.29, 1.82) is 0 Å². The van der Waals surface area contributed by atoms with Gasteiger partial charge in [0, 0.05) is 0 Å². The second-order valence-corrected chi connectivity index (χ2v) is 3.72. The Bertz CT molecular complexity index is 365. The van der Waals surface area contributed by atoms with Crippen LogP contribution in [0.3, 0.4) is 0 Å². The molecule has 5 heteroatoms. The van der Waals surface area contributed by atoms with Gasteiger partial charge in [0.15, 0.2) is 11.5 Å². The molecular formula is C11H14O4S. The lowest BCUT2D eigenvalue weighted by Gasteiger charge is -2.09. The normalized spacial score (nSPS) is 9.69. The third kappa shape index (κ3) is 3.06. The number of methoxy groups -OCH3 is 2. The maximum atomic E-state index is 11.5. The third-order valence-electron chi connectivity index (χ3n) is 1.93. The molecule has 1 rings (SSSR count). The quantitative estimate of drug-likeness (QED) is 0.585. The SMILES string of the molecule is COc1ccc(C(=O)OCSC)cc1OC. The second-order valence-electron chi connectivity index (χ2n) is 2.91. The fourth-order valence-electron chi connectivity index (χ4n) is 1.16. The molecule has 0 unspecified atom stereocenters. The molecule has 0 heterocycles. The fraction of sp³-hybridized carbons (Fsp3) is 0.364. The molecule has 0 N–H and O–H groups in total. The lowest BCUT2D eigenvalue weighted by Crippen LogP contribution is -2.05. The Hall–Kier alpha value is -1.36. The highest BCUT2D eigenvalue weighted by atomic mass is 32.2. The summed E-state index contributed by atoms with van der Waals surface area (Å²) in [4.78, 5) is 11.5. The van der Waals surface area contributed by atoms with Crippen LogP contribution in [0.1, 0.15) is 10.4 Å². The highest BCUT2D eigenvalue weighted by Crippen LogP contribution is 2.27. The summed E-state index contributed by atoms with van der Waals surface area (Å²) >= 11 is 1.44. The van der Waals surface area contributed by atoms with Gasteiger partial charge in [-0.2, -0.15) is 0 Å². The molecule has 0 saturated heterocycles. The molecule has 4 nitrogen and oxygen atoms in total. The van der Waals surface area contributed by atoms with Gasteiger partial charge in [-0.3, -0.25) is 0 Å². The molecule has 0 atom stereocenters. The zero-order valence-corrected chi connectivity index (χ0v) is 10.3. The van der Waals surface area contributed by atoms with E-state index in [4.69, 9.17) is 14.2 Å². The summed E-state index contributed by atoms with van der Waals surface area (Å²) in [6.07, 6.45) is 1.86. The summed E-state index contributed by atoms with van der Waals surface area (Å²) in [6.45, 7) is 0.